The Hall–Kier alpha value is -5.45. The van der Waals surface area contributed by atoms with E-state index in [1.807, 2.05) is 19.1 Å². The van der Waals surface area contributed by atoms with Crippen molar-refractivity contribution in [1.82, 2.24) is 29.7 Å². The highest BCUT2D eigenvalue weighted by Gasteiger charge is 2.30. The molecule has 3 atom stereocenters. The van der Waals surface area contributed by atoms with E-state index >= 15 is 0 Å². The Morgan fingerprint density at radius 3 is 2.65 bits per heavy atom. The molecule has 0 radical (unpaired) electrons. The molecule has 16 heteroatoms. The highest BCUT2D eigenvalue weighted by molar-refractivity contribution is 7.22. The van der Waals surface area contributed by atoms with Crippen LogP contribution in [0.25, 0.3) is 31.8 Å². The monoisotopic (exact) mass is 880 g/mol. The quantitative estimate of drug-likeness (QED) is 0.157. The van der Waals surface area contributed by atoms with Crippen molar-refractivity contribution in [1.29, 1.82) is 0 Å². The first-order valence-electron chi connectivity index (χ1n) is 20.8. The topological polar surface area (TPSA) is 141 Å². The van der Waals surface area contributed by atoms with Crippen LogP contribution in [0.15, 0.2) is 73.2 Å². The Morgan fingerprint density at radius 1 is 1.02 bits per heavy atom. The fraction of sp³-hybridized carbons (Fsp3) is 0.370. The Kier molecular flexibility index (Phi) is 12.5. The van der Waals surface area contributed by atoms with Crippen LogP contribution < -0.4 is 18.9 Å². The average molecular weight is 881 g/mol. The van der Waals surface area contributed by atoms with Crippen LogP contribution in [0.5, 0.6) is 23.1 Å². The smallest absolute Gasteiger partial charge is 0.345 e. The molecule has 2 fully saturated rings. The van der Waals surface area contributed by atoms with Crippen LogP contribution in [-0.4, -0.2) is 106 Å². The highest BCUT2D eigenvalue weighted by atomic mass is 35.5. The number of carboxylic acids is 1. The minimum atomic E-state index is -1.42. The van der Waals surface area contributed by atoms with Crippen LogP contribution in [0.3, 0.4) is 0 Å². The molecule has 10 rings (SSSR count). The maximum absolute atomic E-state index is 14.2. The second-order valence-corrected chi connectivity index (χ2v) is 17.2. The molecular weight excluding hydrogens is 835 g/mol. The molecule has 0 saturated carbocycles. The van der Waals surface area contributed by atoms with Gasteiger partial charge in [0.2, 0.25) is 12.0 Å². The summed E-state index contributed by atoms with van der Waals surface area (Å²) in [7, 11) is 2.12. The number of fused-ring (bicyclic) bond motifs is 7. The number of nitrogens with zero attached hydrogens (tertiary/aromatic N) is 6. The van der Waals surface area contributed by atoms with Crippen molar-refractivity contribution < 1.29 is 38.0 Å². The molecule has 0 unspecified atom stereocenters. The van der Waals surface area contributed by atoms with Gasteiger partial charge in [0.15, 0.2) is 5.82 Å². The third-order valence-corrected chi connectivity index (χ3v) is 13.1. The van der Waals surface area contributed by atoms with Crippen LogP contribution in [-0.2, 0) is 22.6 Å². The Bertz CT molecular complexity index is 2570. The summed E-state index contributed by atoms with van der Waals surface area (Å²) in [6.45, 7) is 7.06. The molecule has 1 N–H and O–H groups in total. The molecule has 0 spiro atoms. The molecule has 62 heavy (non-hydrogen) atoms. The normalized spacial score (nSPS) is 19.9. The van der Waals surface area contributed by atoms with Crippen LogP contribution in [0, 0.1) is 12.7 Å². The van der Waals surface area contributed by atoms with Crippen molar-refractivity contribution in [2.75, 3.05) is 53.0 Å². The lowest BCUT2D eigenvalue weighted by Crippen LogP contribution is -2.49. The number of hydrogen-bond acceptors (Lipinski definition) is 13. The van der Waals surface area contributed by atoms with E-state index in [0.717, 1.165) is 67.0 Å². The van der Waals surface area contributed by atoms with E-state index in [9.17, 15) is 14.3 Å². The highest BCUT2D eigenvalue weighted by Crippen LogP contribution is 2.49. The zero-order valence-electron chi connectivity index (χ0n) is 34.4. The van der Waals surface area contributed by atoms with Crippen LogP contribution >= 0.6 is 22.9 Å². The summed E-state index contributed by atoms with van der Waals surface area (Å²) in [6.07, 6.45) is 3.85. The van der Waals surface area contributed by atoms with Crippen LogP contribution in [0.2, 0.25) is 5.02 Å². The lowest BCUT2D eigenvalue weighted by molar-refractivity contribution is -0.145. The molecule has 0 aliphatic carbocycles. The van der Waals surface area contributed by atoms with Gasteiger partial charge in [-0.15, -0.1) is 11.3 Å². The van der Waals surface area contributed by atoms with Gasteiger partial charge in [0.25, 0.3) is 0 Å². The number of thiophene rings is 1. The van der Waals surface area contributed by atoms with Gasteiger partial charge < -0.3 is 33.7 Å². The van der Waals surface area contributed by atoms with E-state index in [2.05, 4.69) is 31.8 Å². The second kappa shape index (κ2) is 18.5. The Morgan fingerprint density at radius 2 is 1.85 bits per heavy atom. The summed E-state index contributed by atoms with van der Waals surface area (Å²) in [5.74, 6) is 0.534. The predicted octanol–water partition coefficient (Wildman–Crippen LogP) is 8.20. The van der Waals surface area contributed by atoms with Crippen molar-refractivity contribution in [3.8, 4) is 44.7 Å². The van der Waals surface area contributed by atoms with Crippen molar-refractivity contribution in [3.63, 3.8) is 0 Å². The van der Waals surface area contributed by atoms with Gasteiger partial charge in [-0.1, -0.05) is 29.8 Å². The summed E-state index contributed by atoms with van der Waals surface area (Å²) in [5.41, 5.74) is 4.06. The molecule has 0 amide bonds. The first-order chi connectivity index (χ1) is 30.2. The lowest BCUT2D eigenvalue weighted by Gasteiger charge is -2.34. The van der Waals surface area contributed by atoms with E-state index < -0.39 is 18.2 Å². The van der Waals surface area contributed by atoms with E-state index in [1.165, 1.54) is 29.8 Å². The van der Waals surface area contributed by atoms with E-state index in [-0.39, 0.29) is 37.4 Å². The molecule has 4 aliphatic rings. The molecule has 3 aromatic heterocycles. The number of piperazine rings is 1. The number of ether oxygens (including phenoxy) is 5. The van der Waals surface area contributed by atoms with E-state index in [4.69, 9.17) is 40.3 Å². The molecule has 6 aromatic rings. The second-order valence-electron chi connectivity index (χ2n) is 15.8. The number of halogens is 2. The molecular formula is C46H46ClFN6O7S. The number of hydrogen-bond donors (Lipinski definition) is 1. The van der Waals surface area contributed by atoms with Gasteiger partial charge in [-0.3, -0.25) is 4.90 Å². The first-order valence-corrected chi connectivity index (χ1v) is 22.0. The average Bonchev–Trinajstić information content (AvgIpc) is 3.68. The molecule has 3 aromatic carbocycles. The zero-order valence-corrected chi connectivity index (χ0v) is 36.0. The fourth-order valence-electron chi connectivity index (χ4n) is 8.10. The summed E-state index contributed by atoms with van der Waals surface area (Å²) in [4.78, 5) is 37.5. The minimum absolute atomic E-state index is 0.0720. The third-order valence-electron chi connectivity index (χ3n) is 11.5. The molecule has 2 saturated heterocycles. The summed E-state index contributed by atoms with van der Waals surface area (Å²) in [5, 5.41) is 11.7. The molecule has 4 aliphatic heterocycles. The van der Waals surface area contributed by atoms with Gasteiger partial charge in [0, 0.05) is 68.0 Å². The standard InChI is InChI=1S/C46H46ClFN6O7S/c1-27-34-11-13-36(41(27)47)60-33(23-54-18-16-53(2)17-19-54)25-58-32-10-12-35(59-24-31-14-15-49-43(52-31)37-5-3-4-20-57-37)29(21-32)22-38(46(55)56)61-44-40-39(34)42(62-45(40)51-26-50-44)28-6-8-30(48)9-7-28/h6-15,21,26,33,37-38H,3-5,16-20,22-25H2,1-2H3,(H,55,56)/t33-,37+,38-/m1/s1. The molecule has 4 bridgehead atoms. The fourth-order valence-corrected chi connectivity index (χ4v) is 9.46. The zero-order chi connectivity index (χ0) is 42.7. The maximum atomic E-state index is 14.2. The maximum Gasteiger partial charge on any atom is 0.345 e. The van der Waals surface area contributed by atoms with E-state index in [1.54, 1.807) is 42.6 Å². The van der Waals surface area contributed by atoms with Crippen molar-refractivity contribution in [2.24, 2.45) is 0 Å². The van der Waals surface area contributed by atoms with E-state index in [0.29, 0.717) is 68.3 Å². The number of aromatic nitrogens is 4. The number of rotatable bonds is 8. The van der Waals surface area contributed by atoms with Gasteiger partial charge in [0.05, 0.1) is 16.1 Å². The Balaban J connectivity index is 1.13. The molecule has 13 nitrogen and oxygen atoms in total. The summed E-state index contributed by atoms with van der Waals surface area (Å²) >= 11 is 8.59. The number of likely N-dealkylation sites (N-methyl/N-ethyl adjacent to an activating group) is 1. The van der Waals surface area contributed by atoms with Crippen LogP contribution in [0.4, 0.5) is 4.39 Å². The van der Waals surface area contributed by atoms with Gasteiger partial charge in [-0.25, -0.2) is 29.1 Å². The van der Waals surface area contributed by atoms with Crippen molar-refractivity contribution >= 4 is 39.1 Å². The number of carboxylic acid groups (broad SMARTS) is 1. The van der Waals surface area contributed by atoms with Crippen molar-refractivity contribution in [2.45, 2.75) is 57.5 Å². The number of benzene rings is 3. The predicted molar refractivity (Wildman–Crippen MR) is 233 cm³/mol. The summed E-state index contributed by atoms with van der Waals surface area (Å²) < 4.78 is 46.2. The Labute approximate surface area is 367 Å². The SMILES string of the molecule is Cc1c2ccc(c1Cl)O[C@H](CN1CCN(C)CC1)COc1ccc(OCc3ccnc([C@@H]4CCCCO4)n3)c(c1)C[C@H](C(=O)O)Oc1ncnc3sc(-c4ccc(F)cc4)c-2c13. The largest absolute Gasteiger partial charge is 0.490 e. The molecule has 7 heterocycles. The van der Waals surface area contributed by atoms with Gasteiger partial charge >= 0.3 is 5.97 Å². The number of carbonyl (C=O) groups is 1. The van der Waals surface area contributed by atoms with Gasteiger partial charge in [-0.05, 0) is 92.4 Å². The summed E-state index contributed by atoms with van der Waals surface area (Å²) in [6, 6.07) is 17.1. The minimum Gasteiger partial charge on any atom is -0.490 e. The number of aliphatic carboxylic acids is 1. The van der Waals surface area contributed by atoms with Crippen molar-refractivity contribution in [3.05, 3.63) is 107 Å². The first kappa shape index (κ1) is 41.9. The molecule has 322 valence electrons. The van der Waals surface area contributed by atoms with Gasteiger partial charge in [-0.2, -0.15) is 0 Å². The third kappa shape index (κ3) is 9.18. The van der Waals surface area contributed by atoms with Crippen LogP contribution in [0.1, 0.15) is 48.0 Å². The lowest BCUT2D eigenvalue weighted by atomic mass is 9.96. The van der Waals surface area contributed by atoms with Gasteiger partial charge in [0.1, 0.15) is 59.6 Å².